The maximum Gasteiger partial charge on any atom is 0.438 e. The van der Waals surface area contributed by atoms with Gasteiger partial charge in [-0.25, -0.2) is 4.79 Å². The van der Waals surface area contributed by atoms with Crippen LogP contribution in [0.3, 0.4) is 0 Å². The summed E-state index contributed by atoms with van der Waals surface area (Å²) in [5.74, 6) is 0. The quantitative estimate of drug-likeness (QED) is 0.444. The predicted molar refractivity (Wildman–Crippen MR) is 73.7 cm³/mol. The molecule has 1 aromatic carbocycles. The normalized spacial score (nSPS) is 10.0. The lowest BCUT2D eigenvalue weighted by molar-refractivity contribution is 0.115. The maximum atomic E-state index is 11.5. The molecule has 0 aliphatic heterocycles. The average molecular weight is 400 g/mol. The van der Waals surface area contributed by atoms with Gasteiger partial charge in [0, 0.05) is 8.90 Å². The molecule has 1 aromatic rings. The zero-order valence-electron chi connectivity index (χ0n) is 8.87. The van der Waals surface area contributed by atoms with Crippen LogP contribution >= 0.6 is 38.5 Å². The van der Waals surface area contributed by atoms with Crippen LogP contribution in [0, 0.1) is 3.57 Å². The summed E-state index contributed by atoms with van der Waals surface area (Å²) in [6.45, 7) is 0. The van der Waals surface area contributed by atoms with Crippen LogP contribution in [0.15, 0.2) is 18.2 Å². The molecule has 0 saturated carbocycles. The number of alkyl halides is 1. The third-order valence-corrected chi connectivity index (χ3v) is 3.20. The van der Waals surface area contributed by atoms with E-state index in [1.165, 1.54) is 14.2 Å². The Hall–Kier alpha value is -0.340. The van der Waals surface area contributed by atoms with E-state index in [-0.39, 0.29) is 0 Å². The van der Waals surface area contributed by atoms with Gasteiger partial charge in [0.05, 0.1) is 19.9 Å². The van der Waals surface area contributed by atoms with Crippen LogP contribution in [0.2, 0.25) is 0 Å². The van der Waals surface area contributed by atoms with Crippen LogP contribution in [0.25, 0.3) is 0 Å². The minimum atomic E-state index is -0.550. The molecule has 0 spiro atoms. The Bertz CT molecular complexity index is 386. The molecule has 1 rings (SSSR count). The number of carbonyl (C=O) groups excluding carboxylic acids is 1. The summed E-state index contributed by atoms with van der Waals surface area (Å²) in [5, 5.41) is 1.75. The van der Waals surface area contributed by atoms with Crippen LogP contribution in [-0.4, -0.2) is 20.3 Å². The summed E-state index contributed by atoms with van der Waals surface area (Å²) >= 11 is 5.58. The summed E-state index contributed by atoms with van der Waals surface area (Å²) in [6.07, 6.45) is -0.550. The van der Waals surface area contributed by atoms with Crippen molar-refractivity contribution in [3.8, 4) is 0 Å². The van der Waals surface area contributed by atoms with Crippen molar-refractivity contribution in [3.63, 3.8) is 0 Å². The first-order valence-electron chi connectivity index (χ1n) is 4.40. The van der Waals surface area contributed by atoms with Gasteiger partial charge in [-0.05, 0) is 46.4 Å². The molecule has 0 bridgehead atoms. The van der Waals surface area contributed by atoms with Crippen molar-refractivity contribution in [3.05, 3.63) is 27.3 Å². The second-order valence-corrected chi connectivity index (χ2v) is 4.66. The van der Waals surface area contributed by atoms with Gasteiger partial charge in [0.25, 0.3) is 0 Å². The first-order valence-corrected chi connectivity index (χ1v) is 6.60. The highest BCUT2D eigenvalue weighted by molar-refractivity contribution is 14.1. The number of rotatable bonds is 3. The molecule has 0 fully saturated rings. The molecule has 0 radical (unpaired) electrons. The highest BCUT2D eigenvalue weighted by Crippen LogP contribution is 2.25. The second-order valence-electron chi connectivity index (χ2n) is 2.85. The number of methoxy groups -OCH3 is 1. The molecule has 16 heavy (non-hydrogen) atoms. The van der Waals surface area contributed by atoms with E-state index in [4.69, 9.17) is 4.84 Å². The highest BCUT2D eigenvalue weighted by atomic mass is 127. The van der Waals surface area contributed by atoms with Gasteiger partial charge in [0.2, 0.25) is 0 Å². The monoisotopic (exact) mass is 399 g/mol. The number of amides is 1. The summed E-state index contributed by atoms with van der Waals surface area (Å²) in [7, 11) is 2.74. The first kappa shape index (κ1) is 13.7. The Balaban J connectivity index is 3.14. The van der Waals surface area contributed by atoms with E-state index in [0.717, 1.165) is 14.2 Å². The zero-order chi connectivity index (χ0) is 12.1. The minimum absolute atomic E-state index is 0.550. The Morgan fingerprint density at radius 3 is 2.69 bits per heavy atom. The lowest BCUT2D eigenvalue weighted by Gasteiger charge is -2.20. The fraction of sp³-hybridized carbons (Fsp3) is 0.300. The van der Waals surface area contributed by atoms with E-state index in [0.29, 0.717) is 11.0 Å². The van der Waals surface area contributed by atoms with Gasteiger partial charge < -0.3 is 4.74 Å². The summed E-state index contributed by atoms with van der Waals surface area (Å²) in [4.78, 5) is 16.5. The van der Waals surface area contributed by atoms with Gasteiger partial charge in [-0.2, -0.15) is 5.06 Å². The van der Waals surface area contributed by atoms with Crippen LogP contribution in [-0.2, 0) is 14.9 Å². The molecule has 6 heteroatoms. The van der Waals surface area contributed by atoms with Gasteiger partial charge in [0.15, 0.2) is 0 Å². The van der Waals surface area contributed by atoms with Crippen molar-refractivity contribution >= 4 is 50.3 Å². The molecule has 0 heterocycles. The summed E-state index contributed by atoms with van der Waals surface area (Å²) in [5.41, 5.74) is 1.63. The summed E-state index contributed by atoms with van der Waals surface area (Å²) < 4.78 is 5.73. The maximum absolute atomic E-state index is 11.5. The molecule has 0 N–H and O–H groups in total. The zero-order valence-corrected chi connectivity index (χ0v) is 12.6. The molecule has 0 aromatic heterocycles. The Labute approximate surface area is 116 Å². The predicted octanol–water partition coefficient (Wildman–Crippen LogP) is 3.32. The fourth-order valence-corrected chi connectivity index (χ4v) is 2.22. The van der Waals surface area contributed by atoms with Gasteiger partial charge in [-0.3, -0.25) is 4.84 Å². The van der Waals surface area contributed by atoms with Gasteiger partial charge >= 0.3 is 6.09 Å². The van der Waals surface area contributed by atoms with E-state index in [1.54, 1.807) is 0 Å². The average Bonchev–Trinajstić information content (AvgIpc) is 2.31. The number of hydrogen-bond acceptors (Lipinski definition) is 3. The molecule has 0 aliphatic carbocycles. The molecule has 1 amide bonds. The van der Waals surface area contributed by atoms with Gasteiger partial charge in [0.1, 0.15) is 0 Å². The molecular formula is C10H11BrINO3. The third kappa shape index (κ3) is 3.08. The smallest absolute Gasteiger partial charge is 0.438 e. The topological polar surface area (TPSA) is 38.8 Å². The first-order chi connectivity index (χ1) is 7.63. The number of carbonyl (C=O) groups is 1. The van der Waals surface area contributed by atoms with Crippen molar-refractivity contribution in [1.29, 1.82) is 0 Å². The molecular weight excluding hydrogens is 389 g/mol. The van der Waals surface area contributed by atoms with E-state index in [2.05, 4.69) is 43.3 Å². The number of anilines is 1. The van der Waals surface area contributed by atoms with Crippen LogP contribution in [0.4, 0.5) is 10.5 Å². The lowest BCUT2D eigenvalue weighted by atomic mass is 10.2. The standard InChI is InChI=1S/C10H11BrINO3/c1-15-10(14)13(16-2)9-4-3-8(12)5-7(9)6-11/h3-5H,6H2,1-2H3. The molecule has 0 atom stereocenters. The van der Waals surface area contributed by atoms with Crippen LogP contribution in [0.5, 0.6) is 0 Å². The molecule has 0 saturated heterocycles. The van der Waals surface area contributed by atoms with Crippen molar-refractivity contribution in [2.45, 2.75) is 5.33 Å². The highest BCUT2D eigenvalue weighted by Gasteiger charge is 2.18. The van der Waals surface area contributed by atoms with E-state index in [1.807, 2.05) is 18.2 Å². The number of hydroxylamine groups is 1. The largest absolute Gasteiger partial charge is 0.451 e. The minimum Gasteiger partial charge on any atom is -0.451 e. The molecule has 0 unspecified atom stereocenters. The number of ether oxygens (including phenoxy) is 1. The third-order valence-electron chi connectivity index (χ3n) is 1.93. The van der Waals surface area contributed by atoms with Gasteiger partial charge in [-0.1, -0.05) is 15.9 Å². The van der Waals surface area contributed by atoms with Gasteiger partial charge in [-0.15, -0.1) is 0 Å². The van der Waals surface area contributed by atoms with Crippen molar-refractivity contribution in [1.82, 2.24) is 0 Å². The Morgan fingerprint density at radius 2 is 2.19 bits per heavy atom. The number of nitrogens with zero attached hydrogens (tertiary/aromatic N) is 1. The number of halogens is 2. The van der Waals surface area contributed by atoms with Crippen molar-refractivity contribution in [2.24, 2.45) is 0 Å². The van der Waals surface area contributed by atoms with Crippen LogP contribution < -0.4 is 5.06 Å². The van der Waals surface area contributed by atoms with Crippen molar-refractivity contribution in [2.75, 3.05) is 19.3 Å². The fourth-order valence-electron chi connectivity index (χ4n) is 1.21. The van der Waals surface area contributed by atoms with Crippen LogP contribution in [0.1, 0.15) is 5.56 Å². The SMILES string of the molecule is COC(=O)N(OC)c1ccc(I)cc1CBr. The lowest BCUT2D eigenvalue weighted by Crippen LogP contribution is -2.30. The second kappa shape index (κ2) is 6.41. The molecule has 88 valence electrons. The van der Waals surface area contributed by atoms with E-state index < -0.39 is 6.09 Å². The Morgan fingerprint density at radius 1 is 1.50 bits per heavy atom. The van der Waals surface area contributed by atoms with E-state index >= 15 is 0 Å². The number of benzene rings is 1. The summed E-state index contributed by atoms with van der Waals surface area (Å²) in [6, 6.07) is 5.69. The Kier molecular flexibility index (Phi) is 5.50. The van der Waals surface area contributed by atoms with Crippen molar-refractivity contribution < 1.29 is 14.4 Å². The number of hydrogen-bond donors (Lipinski definition) is 0. The van der Waals surface area contributed by atoms with E-state index in [9.17, 15) is 4.79 Å². The molecule has 0 aliphatic rings. The molecule has 4 nitrogen and oxygen atoms in total.